The van der Waals surface area contributed by atoms with Gasteiger partial charge in [0.05, 0.1) is 0 Å². The zero-order chi connectivity index (χ0) is 9.61. The molecule has 0 bridgehead atoms. The van der Waals surface area contributed by atoms with E-state index in [0.29, 0.717) is 12.5 Å². The number of nitrogens with two attached hydrogens (primary N) is 1. The first-order valence-corrected chi connectivity index (χ1v) is 4.89. The maximum atomic E-state index is 9.12. The maximum absolute atomic E-state index is 9.12. The molecule has 0 aromatic carbocycles. The quantitative estimate of drug-likeness (QED) is 0.643. The Morgan fingerprint density at radius 3 is 2.42 bits per heavy atom. The molecular formula is C10H23NO. The van der Waals surface area contributed by atoms with Crippen molar-refractivity contribution in [2.24, 2.45) is 17.1 Å². The first-order chi connectivity index (χ1) is 5.58. The Bertz CT molecular complexity index is 110. The average Bonchev–Trinajstić information content (AvgIpc) is 2.05. The van der Waals surface area contributed by atoms with Crippen LogP contribution in [0.2, 0.25) is 0 Å². The third-order valence-corrected chi connectivity index (χ3v) is 2.50. The van der Waals surface area contributed by atoms with Crippen LogP contribution in [0, 0.1) is 11.3 Å². The Labute approximate surface area is 76.2 Å². The van der Waals surface area contributed by atoms with E-state index in [2.05, 4.69) is 20.8 Å². The molecular weight excluding hydrogens is 150 g/mol. The Morgan fingerprint density at radius 2 is 2.08 bits per heavy atom. The molecule has 0 spiro atoms. The minimum Gasteiger partial charge on any atom is -0.396 e. The van der Waals surface area contributed by atoms with Crippen LogP contribution in [0.15, 0.2) is 0 Å². The number of aliphatic hydroxyl groups is 1. The molecule has 2 heteroatoms. The minimum absolute atomic E-state index is 0.0609. The summed E-state index contributed by atoms with van der Waals surface area (Å²) in [7, 11) is 0. The Balaban J connectivity index is 3.84. The Kier molecular flexibility index (Phi) is 5.51. The van der Waals surface area contributed by atoms with Crippen LogP contribution in [0.25, 0.3) is 0 Å². The lowest BCUT2D eigenvalue weighted by Gasteiger charge is -2.28. The highest BCUT2D eigenvalue weighted by molar-refractivity contribution is 4.76. The second-order valence-corrected chi connectivity index (χ2v) is 4.27. The van der Waals surface area contributed by atoms with Gasteiger partial charge in [-0.15, -0.1) is 0 Å². The number of aliphatic hydroxyl groups excluding tert-OH is 1. The maximum Gasteiger partial charge on any atom is 0.0496 e. The zero-order valence-electron chi connectivity index (χ0n) is 8.64. The lowest BCUT2D eigenvalue weighted by molar-refractivity contribution is 0.121. The van der Waals surface area contributed by atoms with Gasteiger partial charge in [0.15, 0.2) is 0 Å². The summed E-state index contributed by atoms with van der Waals surface area (Å²) in [6.07, 6.45) is 3.48. The predicted octanol–water partition coefficient (Wildman–Crippen LogP) is 1.77. The third-order valence-electron chi connectivity index (χ3n) is 2.50. The first-order valence-electron chi connectivity index (χ1n) is 4.89. The smallest absolute Gasteiger partial charge is 0.0496 e. The summed E-state index contributed by atoms with van der Waals surface area (Å²) >= 11 is 0. The normalized spacial score (nSPS) is 18.8. The lowest BCUT2D eigenvalue weighted by Crippen LogP contribution is -2.32. The predicted molar refractivity (Wildman–Crippen MR) is 52.9 cm³/mol. The van der Waals surface area contributed by atoms with Crippen LogP contribution in [-0.4, -0.2) is 18.3 Å². The molecule has 0 aromatic rings. The highest BCUT2D eigenvalue weighted by Gasteiger charge is 2.23. The van der Waals surface area contributed by atoms with Crippen molar-refractivity contribution < 1.29 is 5.11 Å². The summed E-state index contributed by atoms with van der Waals surface area (Å²) in [6.45, 7) is 7.26. The molecule has 0 aromatic heterocycles. The summed E-state index contributed by atoms with van der Waals surface area (Å²) in [5.41, 5.74) is 5.54. The number of hydrogen-bond acceptors (Lipinski definition) is 2. The van der Waals surface area contributed by atoms with Crippen LogP contribution < -0.4 is 5.73 Å². The highest BCUT2D eigenvalue weighted by atomic mass is 16.3. The molecule has 0 aliphatic rings. The van der Waals surface area contributed by atoms with Crippen molar-refractivity contribution in [1.82, 2.24) is 0 Å². The van der Waals surface area contributed by atoms with Gasteiger partial charge < -0.3 is 10.8 Å². The molecule has 0 saturated heterocycles. The van der Waals surface area contributed by atoms with E-state index in [4.69, 9.17) is 10.8 Å². The molecule has 2 unspecified atom stereocenters. The zero-order valence-corrected chi connectivity index (χ0v) is 8.64. The van der Waals surface area contributed by atoms with Crippen molar-refractivity contribution in [3.05, 3.63) is 0 Å². The molecule has 0 amide bonds. The molecule has 0 rings (SSSR count). The minimum atomic E-state index is -0.0609. The molecule has 2 nitrogen and oxygen atoms in total. The monoisotopic (exact) mass is 173 g/mol. The van der Waals surface area contributed by atoms with Crippen LogP contribution in [0.3, 0.4) is 0 Å². The third kappa shape index (κ3) is 4.07. The van der Waals surface area contributed by atoms with Crippen LogP contribution >= 0.6 is 0 Å². The van der Waals surface area contributed by atoms with Crippen molar-refractivity contribution in [3.63, 3.8) is 0 Å². The molecule has 74 valence electrons. The largest absolute Gasteiger partial charge is 0.396 e. The standard InChI is InChI=1S/C10H23NO/c1-4-5-9(2)6-10(3,7-11)8-12/h9,12H,4-8,11H2,1-3H3. The first kappa shape index (κ1) is 11.9. The molecule has 3 N–H and O–H groups in total. The number of hydrogen-bond donors (Lipinski definition) is 2. The van der Waals surface area contributed by atoms with E-state index >= 15 is 0 Å². The second kappa shape index (κ2) is 5.55. The van der Waals surface area contributed by atoms with Gasteiger partial charge >= 0.3 is 0 Å². The molecule has 0 radical (unpaired) electrons. The van der Waals surface area contributed by atoms with E-state index in [9.17, 15) is 0 Å². The van der Waals surface area contributed by atoms with Crippen LogP contribution in [0.5, 0.6) is 0 Å². The second-order valence-electron chi connectivity index (χ2n) is 4.27. The van der Waals surface area contributed by atoms with Gasteiger partial charge in [0.2, 0.25) is 0 Å². The molecule has 0 aliphatic carbocycles. The van der Waals surface area contributed by atoms with Gasteiger partial charge in [-0.3, -0.25) is 0 Å². The average molecular weight is 173 g/mol. The van der Waals surface area contributed by atoms with Gasteiger partial charge in [-0.1, -0.05) is 33.6 Å². The lowest BCUT2D eigenvalue weighted by atomic mass is 9.81. The van der Waals surface area contributed by atoms with Crippen LogP contribution in [-0.2, 0) is 0 Å². The van der Waals surface area contributed by atoms with Crippen molar-refractivity contribution in [3.8, 4) is 0 Å². The fraction of sp³-hybridized carbons (Fsp3) is 1.00. The van der Waals surface area contributed by atoms with Gasteiger partial charge in [0, 0.05) is 12.0 Å². The molecule has 2 atom stereocenters. The summed E-state index contributed by atoms with van der Waals surface area (Å²) in [6, 6.07) is 0. The summed E-state index contributed by atoms with van der Waals surface area (Å²) in [4.78, 5) is 0. The van der Waals surface area contributed by atoms with Gasteiger partial charge in [0.25, 0.3) is 0 Å². The van der Waals surface area contributed by atoms with Crippen molar-refractivity contribution in [2.45, 2.75) is 40.0 Å². The Hall–Kier alpha value is -0.0800. The molecule has 0 fully saturated rings. The molecule has 12 heavy (non-hydrogen) atoms. The van der Waals surface area contributed by atoms with Gasteiger partial charge in [-0.05, 0) is 18.9 Å². The summed E-state index contributed by atoms with van der Waals surface area (Å²) in [5.74, 6) is 0.677. The van der Waals surface area contributed by atoms with Crippen LogP contribution in [0.4, 0.5) is 0 Å². The van der Waals surface area contributed by atoms with E-state index in [-0.39, 0.29) is 12.0 Å². The summed E-state index contributed by atoms with van der Waals surface area (Å²) < 4.78 is 0. The van der Waals surface area contributed by atoms with E-state index in [1.54, 1.807) is 0 Å². The van der Waals surface area contributed by atoms with Gasteiger partial charge in [-0.2, -0.15) is 0 Å². The SMILES string of the molecule is CCCC(C)CC(C)(CN)CO. The van der Waals surface area contributed by atoms with Crippen molar-refractivity contribution >= 4 is 0 Å². The van der Waals surface area contributed by atoms with Crippen molar-refractivity contribution in [1.29, 1.82) is 0 Å². The van der Waals surface area contributed by atoms with E-state index in [1.807, 2.05) is 0 Å². The topological polar surface area (TPSA) is 46.2 Å². The Morgan fingerprint density at radius 1 is 1.50 bits per heavy atom. The molecule has 0 aliphatic heterocycles. The fourth-order valence-electron chi connectivity index (χ4n) is 1.65. The molecule has 0 saturated carbocycles. The summed E-state index contributed by atoms with van der Waals surface area (Å²) in [5, 5.41) is 9.12. The van der Waals surface area contributed by atoms with E-state index < -0.39 is 0 Å². The van der Waals surface area contributed by atoms with E-state index in [0.717, 1.165) is 6.42 Å². The molecule has 0 heterocycles. The van der Waals surface area contributed by atoms with Crippen molar-refractivity contribution in [2.75, 3.05) is 13.2 Å². The van der Waals surface area contributed by atoms with Gasteiger partial charge in [0.1, 0.15) is 0 Å². The fourth-order valence-corrected chi connectivity index (χ4v) is 1.65. The van der Waals surface area contributed by atoms with E-state index in [1.165, 1.54) is 12.8 Å². The number of rotatable bonds is 6. The van der Waals surface area contributed by atoms with Gasteiger partial charge in [-0.25, -0.2) is 0 Å². The highest BCUT2D eigenvalue weighted by Crippen LogP contribution is 2.26. The van der Waals surface area contributed by atoms with Crippen LogP contribution in [0.1, 0.15) is 40.0 Å².